The topological polar surface area (TPSA) is 60.8 Å². The Bertz CT molecular complexity index is 488. The SMILES string of the molecule is CC1CC23C4=CC1CN2CCCC3C(O)CC4C(=O)O. The fraction of sp³-hybridized carbons (Fsp3) is 0.812. The quantitative estimate of drug-likeness (QED) is 0.713. The maximum Gasteiger partial charge on any atom is 0.310 e. The summed E-state index contributed by atoms with van der Waals surface area (Å²) in [6.45, 7) is 4.41. The first kappa shape index (κ1) is 12.8. The number of fused-ring (bicyclic) bond motifs is 1. The Kier molecular flexibility index (Phi) is 2.62. The van der Waals surface area contributed by atoms with Gasteiger partial charge in [-0.25, -0.2) is 0 Å². The maximum atomic E-state index is 11.7. The molecule has 20 heavy (non-hydrogen) atoms. The van der Waals surface area contributed by atoms with Gasteiger partial charge in [0, 0.05) is 18.0 Å². The van der Waals surface area contributed by atoms with Crippen molar-refractivity contribution < 1.29 is 15.0 Å². The van der Waals surface area contributed by atoms with Crippen LogP contribution >= 0.6 is 0 Å². The van der Waals surface area contributed by atoms with Crippen LogP contribution in [-0.2, 0) is 4.79 Å². The molecular formula is C16H23NO3. The van der Waals surface area contributed by atoms with Gasteiger partial charge in [-0.15, -0.1) is 0 Å². The minimum Gasteiger partial charge on any atom is -0.481 e. The normalized spacial score (nSPS) is 50.5. The molecule has 3 heterocycles. The summed E-state index contributed by atoms with van der Waals surface area (Å²) < 4.78 is 0. The van der Waals surface area contributed by atoms with Gasteiger partial charge in [-0.3, -0.25) is 9.69 Å². The monoisotopic (exact) mass is 277 g/mol. The molecule has 2 saturated heterocycles. The molecule has 3 aliphatic heterocycles. The summed E-state index contributed by atoms with van der Waals surface area (Å²) in [5, 5.41) is 20.1. The standard InChI is InChI=1S/C16H23NO3/c1-9-7-16-12-3-2-4-17(16)8-10(9)5-13(16)11(15(19)20)6-14(12)18/h5,9-12,14,18H,2-4,6-8H2,1H3,(H,19,20). The Morgan fingerprint density at radius 3 is 3.05 bits per heavy atom. The van der Waals surface area contributed by atoms with Crippen molar-refractivity contribution in [3.63, 3.8) is 0 Å². The molecule has 110 valence electrons. The van der Waals surface area contributed by atoms with Crippen LogP contribution in [0.1, 0.15) is 32.6 Å². The lowest BCUT2D eigenvalue weighted by Gasteiger charge is -2.65. The highest BCUT2D eigenvalue weighted by Gasteiger charge is 2.62. The van der Waals surface area contributed by atoms with Crippen molar-refractivity contribution in [1.29, 1.82) is 0 Å². The van der Waals surface area contributed by atoms with Gasteiger partial charge in [-0.05, 0) is 49.6 Å². The fourth-order valence-electron chi connectivity index (χ4n) is 5.59. The number of aliphatic hydroxyl groups excluding tert-OH is 1. The lowest BCUT2D eigenvalue weighted by atomic mass is 9.51. The van der Waals surface area contributed by atoms with E-state index in [0.29, 0.717) is 18.3 Å². The van der Waals surface area contributed by atoms with Crippen LogP contribution in [0.15, 0.2) is 11.6 Å². The van der Waals surface area contributed by atoms with Crippen LogP contribution in [0.2, 0.25) is 0 Å². The van der Waals surface area contributed by atoms with E-state index in [1.165, 1.54) is 0 Å². The molecule has 2 N–H and O–H groups in total. The number of piperidine rings is 2. The third-order valence-electron chi connectivity index (χ3n) is 6.42. The van der Waals surface area contributed by atoms with Crippen LogP contribution in [0.5, 0.6) is 0 Å². The highest BCUT2D eigenvalue weighted by atomic mass is 16.4. The second-order valence-electron chi connectivity index (χ2n) is 7.28. The van der Waals surface area contributed by atoms with Crippen LogP contribution in [0.3, 0.4) is 0 Å². The average Bonchev–Trinajstić information content (AvgIpc) is 2.41. The third kappa shape index (κ3) is 1.41. The van der Waals surface area contributed by atoms with E-state index < -0.39 is 18.0 Å². The van der Waals surface area contributed by atoms with Gasteiger partial charge in [0.15, 0.2) is 0 Å². The smallest absolute Gasteiger partial charge is 0.310 e. The summed E-state index contributed by atoms with van der Waals surface area (Å²) >= 11 is 0. The third-order valence-corrected chi connectivity index (χ3v) is 6.42. The van der Waals surface area contributed by atoms with E-state index in [9.17, 15) is 15.0 Å². The molecule has 2 aliphatic carbocycles. The van der Waals surface area contributed by atoms with Gasteiger partial charge in [0.1, 0.15) is 0 Å². The number of aliphatic carboxylic acids is 1. The number of carboxylic acid groups (broad SMARTS) is 1. The Morgan fingerprint density at radius 2 is 2.30 bits per heavy atom. The molecule has 0 aromatic rings. The maximum absolute atomic E-state index is 11.7. The number of carboxylic acids is 1. The van der Waals surface area contributed by atoms with Crippen molar-refractivity contribution in [2.45, 2.75) is 44.2 Å². The molecule has 4 nitrogen and oxygen atoms in total. The van der Waals surface area contributed by atoms with Gasteiger partial charge in [0.2, 0.25) is 0 Å². The number of hydrogen-bond donors (Lipinski definition) is 2. The van der Waals surface area contributed by atoms with Crippen LogP contribution in [0, 0.1) is 23.7 Å². The summed E-state index contributed by atoms with van der Waals surface area (Å²) in [5.41, 5.74) is 0.988. The van der Waals surface area contributed by atoms with Crippen molar-refractivity contribution in [3.05, 3.63) is 11.6 Å². The minimum atomic E-state index is -0.756. The van der Waals surface area contributed by atoms with Crippen LogP contribution < -0.4 is 0 Å². The lowest BCUT2D eigenvalue weighted by Crippen LogP contribution is -2.71. The van der Waals surface area contributed by atoms with Crippen molar-refractivity contribution >= 4 is 5.97 Å². The first-order valence-corrected chi connectivity index (χ1v) is 7.92. The number of rotatable bonds is 1. The molecule has 6 atom stereocenters. The molecule has 5 aliphatic rings. The van der Waals surface area contributed by atoms with E-state index in [0.717, 1.165) is 37.9 Å². The van der Waals surface area contributed by atoms with Gasteiger partial charge in [0.25, 0.3) is 0 Å². The van der Waals surface area contributed by atoms with Gasteiger partial charge in [0.05, 0.1) is 12.0 Å². The number of carbonyl (C=O) groups is 1. The zero-order valence-corrected chi connectivity index (χ0v) is 12.0. The van der Waals surface area contributed by atoms with Gasteiger partial charge < -0.3 is 10.2 Å². The molecular weight excluding hydrogens is 254 g/mol. The Morgan fingerprint density at radius 1 is 1.50 bits per heavy atom. The molecule has 0 amide bonds. The molecule has 0 aromatic heterocycles. The van der Waals surface area contributed by atoms with E-state index in [1.807, 2.05) is 0 Å². The van der Waals surface area contributed by atoms with E-state index in [1.54, 1.807) is 0 Å². The van der Waals surface area contributed by atoms with E-state index in [4.69, 9.17) is 0 Å². The fourth-order valence-corrected chi connectivity index (χ4v) is 5.59. The van der Waals surface area contributed by atoms with Gasteiger partial charge in [-0.1, -0.05) is 13.0 Å². The molecule has 6 unspecified atom stereocenters. The second kappa shape index (κ2) is 4.08. The lowest BCUT2D eigenvalue weighted by molar-refractivity contribution is -0.154. The minimum absolute atomic E-state index is 0.146. The highest BCUT2D eigenvalue weighted by molar-refractivity contribution is 5.75. The number of nitrogens with zero attached hydrogens (tertiary/aromatic N) is 1. The van der Waals surface area contributed by atoms with Crippen LogP contribution in [0.25, 0.3) is 0 Å². The molecule has 4 heteroatoms. The molecule has 5 rings (SSSR count). The van der Waals surface area contributed by atoms with Crippen molar-refractivity contribution in [1.82, 2.24) is 4.90 Å². The zero-order valence-electron chi connectivity index (χ0n) is 12.0. The van der Waals surface area contributed by atoms with Gasteiger partial charge in [-0.2, -0.15) is 0 Å². The first-order valence-electron chi connectivity index (χ1n) is 7.92. The van der Waals surface area contributed by atoms with Gasteiger partial charge >= 0.3 is 5.97 Å². The number of aliphatic hydroxyl groups is 1. The van der Waals surface area contributed by atoms with E-state index >= 15 is 0 Å². The van der Waals surface area contributed by atoms with Crippen LogP contribution in [-0.4, -0.2) is 45.8 Å². The number of hydrogen-bond acceptors (Lipinski definition) is 3. The molecule has 2 bridgehead atoms. The highest BCUT2D eigenvalue weighted by Crippen LogP contribution is 2.58. The van der Waals surface area contributed by atoms with E-state index in [2.05, 4.69) is 17.9 Å². The summed E-state index contributed by atoms with van der Waals surface area (Å²) in [6, 6.07) is 0. The summed E-state index contributed by atoms with van der Waals surface area (Å²) in [5.74, 6) is 0.117. The van der Waals surface area contributed by atoms with E-state index in [-0.39, 0.29) is 11.5 Å². The molecule has 1 saturated carbocycles. The zero-order chi connectivity index (χ0) is 14.1. The summed E-state index contributed by atoms with van der Waals surface area (Å²) in [6.07, 6.45) is 5.43. The Labute approximate surface area is 119 Å². The predicted octanol–water partition coefficient (Wildman–Crippen LogP) is 1.50. The summed E-state index contributed by atoms with van der Waals surface area (Å²) in [7, 11) is 0. The summed E-state index contributed by atoms with van der Waals surface area (Å²) in [4.78, 5) is 14.2. The van der Waals surface area contributed by atoms with Crippen molar-refractivity contribution in [2.24, 2.45) is 23.7 Å². The predicted molar refractivity (Wildman–Crippen MR) is 74.1 cm³/mol. The van der Waals surface area contributed by atoms with Crippen molar-refractivity contribution in [3.8, 4) is 0 Å². The Balaban J connectivity index is 1.88. The van der Waals surface area contributed by atoms with Crippen LogP contribution in [0.4, 0.5) is 0 Å². The second-order valence-corrected chi connectivity index (χ2v) is 7.28. The molecule has 3 fully saturated rings. The molecule has 1 spiro atoms. The largest absolute Gasteiger partial charge is 0.481 e. The average molecular weight is 277 g/mol. The molecule has 0 aromatic carbocycles. The molecule has 0 radical (unpaired) electrons. The van der Waals surface area contributed by atoms with Crippen molar-refractivity contribution in [2.75, 3.05) is 13.1 Å². The first-order chi connectivity index (χ1) is 9.54. The Hall–Kier alpha value is -0.870.